The molecule has 0 aromatic carbocycles. The van der Waals surface area contributed by atoms with E-state index in [2.05, 4.69) is 10.4 Å². The maximum atomic E-state index is 14.4. The van der Waals surface area contributed by atoms with E-state index in [-0.39, 0.29) is 18.7 Å². The van der Waals surface area contributed by atoms with Crippen molar-refractivity contribution >= 4 is 0 Å². The zero-order valence-corrected chi connectivity index (χ0v) is 11.4. The minimum Gasteiger partial charge on any atom is -0.370 e. The third-order valence-electron chi connectivity index (χ3n) is 3.94. The highest BCUT2D eigenvalue weighted by molar-refractivity contribution is 5.32. The summed E-state index contributed by atoms with van der Waals surface area (Å²) in [7, 11) is 0. The Morgan fingerprint density at radius 1 is 1.43 bits per heavy atom. The third-order valence-corrected chi connectivity index (χ3v) is 3.94. The van der Waals surface area contributed by atoms with Crippen LogP contribution in [-0.4, -0.2) is 35.5 Å². The van der Waals surface area contributed by atoms with Gasteiger partial charge in [-0.25, -0.2) is 8.78 Å². The number of hydrogen-bond acceptors (Lipinski definition) is 3. The molecule has 0 unspecified atom stereocenters. The van der Waals surface area contributed by atoms with E-state index < -0.39 is 31.5 Å². The Morgan fingerprint density at radius 3 is 3.00 bits per heavy atom. The molecule has 2 aliphatic heterocycles. The summed E-state index contributed by atoms with van der Waals surface area (Å²) in [4.78, 5) is 0. The predicted molar refractivity (Wildman–Crippen MR) is 66.5 cm³/mol. The van der Waals surface area contributed by atoms with Gasteiger partial charge >= 0.3 is 0 Å². The summed E-state index contributed by atoms with van der Waals surface area (Å²) >= 11 is 0. The lowest BCUT2D eigenvalue weighted by Gasteiger charge is -2.18. The Hall–Kier alpha value is -1.15. The molecule has 1 aromatic rings. The van der Waals surface area contributed by atoms with Gasteiger partial charge in [0, 0.05) is 31.5 Å². The van der Waals surface area contributed by atoms with Gasteiger partial charge in [-0.3, -0.25) is 4.68 Å². The first-order valence-electron chi connectivity index (χ1n) is 7.04. The molecule has 1 N–H and O–H groups in total. The number of halogens is 4. The van der Waals surface area contributed by atoms with Crippen molar-refractivity contribution in [2.45, 2.75) is 50.8 Å². The van der Waals surface area contributed by atoms with Crippen LogP contribution in [-0.2, 0) is 30.2 Å². The van der Waals surface area contributed by atoms with E-state index in [1.165, 1.54) is 4.68 Å². The Balaban J connectivity index is 1.88. The number of nitrogens with zero attached hydrogens (tertiary/aromatic N) is 2. The van der Waals surface area contributed by atoms with Crippen LogP contribution >= 0.6 is 0 Å². The molecule has 2 aliphatic rings. The topological polar surface area (TPSA) is 39.1 Å². The fraction of sp³-hybridized carbons (Fsp3) is 0.769. The van der Waals surface area contributed by atoms with E-state index in [9.17, 15) is 17.6 Å². The summed E-state index contributed by atoms with van der Waals surface area (Å²) in [5.41, 5.74) is 1.16. The summed E-state index contributed by atoms with van der Waals surface area (Å²) in [6.07, 6.45) is -3.00. The van der Waals surface area contributed by atoms with Crippen LogP contribution in [0.2, 0.25) is 0 Å². The van der Waals surface area contributed by atoms with Crippen molar-refractivity contribution in [3.8, 4) is 0 Å². The van der Waals surface area contributed by atoms with E-state index in [1.807, 2.05) is 0 Å². The number of alkyl halides is 4. The molecule has 4 nitrogen and oxygen atoms in total. The average Bonchev–Trinajstić information content (AvgIpc) is 2.74. The Labute approximate surface area is 119 Å². The molecule has 0 saturated carbocycles. The highest BCUT2D eigenvalue weighted by atomic mass is 19.3. The first kappa shape index (κ1) is 14.8. The summed E-state index contributed by atoms with van der Waals surface area (Å²) in [5.74, 6) is -3.00. The minimum atomic E-state index is -3.00. The van der Waals surface area contributed by atoms with E-state index in [1.54, 1.807) is 0 Å². The van der Waals surface area contributed by atoms with Crippen LogP contribution in [0.3, 0.4) is 0 Å². The van der Waals surface area contributed by atoms with Crippen LogP contribution < -0.4 is 5.32 Å². The van der Waals surface area contributed by atoms with Crippen molar-refractivity contribution in [3.63, 3.8) is 0 Å². The summed E-state index contributed by atoms with van der Waals surface area (Å²) in [6.45, 7) is 0.460. The normalized spacial score (nSPS) is 24.5. The van der Waals surface area contributed by atoms with Crippen molar-refractivity contribution in [1.82, 2.24) is 15.1 Å². The molecule has 21 heavy (non-hydrogen) atoms. The minimum absolute atomic E-state index is 0.0469. The van der Waals surface area contributed by atoms with Gasteiger partial charge < -0.3 is 10.1 Å². The number of hydrogen-bond donors (Lipinski definition) is 1. The summed E-state index contributed by atoms with van der Waals surface area (Å²) < 4.78 is 59.5. The van der Waals surface area contributed by atoms with E-state index in [0.717, 1.165) is 0 Å². The Morgan fingerprint density at radius 2 is 2.24 bits per heavy atom. The molecule has 8 heteroatoms. The van der Waals surface area contributed by atoms with E-state index in [4.69, 9.17) is 4.74 Å². The second kappa shape index (κ2) is 5.57. The van der Waals surface area contributed by atoms with Crippen molar-refractivity contribution in [1.29, 1.82) is 0 Å². The maximum Gasteiger partial charge on any atom is 0.289 e. The van der Waals surface area contributed by atoms with Gasteiger partial charge in [0.2, 0.25) is 0 Å². The van der Waals surface area contributed by atoms with Crippen molar-refractivity contribution in [2.75, 3.05) is 13.2 Å². The lowest BCUT2D eigenvalue weighted by molar-refractivity contribution is -0.0492. The molecule has 0 fully saturated rings. The monoisotopic (exact) mass is 307 g/mol. The third kappa shape index (κ3) is 2.91. The molecule has 0 aliphatic carbocycles. The van der Waals surface area contributed by atoms with Crippen LogP contribution in [0, 0.1) is 0 Å². The van der Waals surface area contributed by atoms with Gasteiger partial charge in [-0.2, -0.15) is 13.9 Å². The van der Waals surface area contributed by atoms with Gasteiger partial charge in [-0.05, 0) is 6.42 Å². The Kier molecular flexibility index (Phi) is 3.92. The van der Waals surface area contributed by atoms with E-state index in [0.29, 0.717) is 30.8 Å². The van der Waals surface area contributed by atoms with Gasteiger partial charge in [0.05, 0.1) is 18.3 Å². The standard InChI is InChI=1S/C13H17F4N3O/c14-11(15)7-21-8-1-3-13(16,17)12-9-5-18-4-2-10(9)19-20(12)6-8/h8,11,18H,1-7H2/t8-/m0/s1. The lowest BCUT2D eigenvalue weighted by atomic mass is 10.0. The molecular formula is C13H17F4N3O. The summed E-state index contributed by atoms with van der Waals surface area (Å²) in [6, 6.07) is 0. The van der Waals surface area contributed by atoms with Gasteiger partial charge in [-0.15, -0.1) is 0 Å². The van der Waals surface area contributed by atoms with Gasteiger partial charge in [0.15, 0.2) is 0 Å². The number of rotatable bonds is 3. The highest BCUT2D eigenvalue weighted by Gasteiger charge is 2.43. The number of fused-ring (bicyclic) bond motifs is 3. The number of ether oxygens (including phenoxy) is 1. The molecule has 0 saturated heterocycles. The van der Waals surface area contributed by atoms with Crippen LogP contribution in [0.25, 0.3) is 0 Å². The zero-order chi connectivity index (χ0) is 15.0. The molecule has 0 amide bonds. The fourth-order valence-corrected chi connectivity index (χ4v) is 2.99. The molecule has 1 aromatic heterocycles. The SMILES string of the molecule is FC(F)CO[C@H]1CCC(F)(F)c2c3c(nn2C1)CCNC3. The predicted octanol–water partition coefficient (Wildman–Crippen LogP) is 2.06. The quantitative estimate of drug-likeness (QED) is 0.869. The highest BCUT2D eigenvalue weighted by Crippen LogP contribution is 2.40. The van der Waals surface area contributed by atoms with Crippen LogP contribution in [0.15, 0.2) is 0 Å². The van der Waals surface area contributed by atoms with Gasteiger partial charge in [-0.1, -0.05) is 0 Å². The van der Waals surface area contributed by atoms with Crippen molar-refractivity contribution < 1.29 is 22.3 Å². The molecule has 0 radical (unpaired) electrons. The van der Waals surface area contributed by atoms with Crippen molar-refractivity contribution in [3.05, 3.63) is 17.0 Å². The lowest BCUT2D eigenvalue weighted by Crippen LogP contribution is -2.26. The fourth-order valence-electron chi connectivity index (χ4n) is 2.99. The van der Waals surface area contributed by atoms with Crippen molar-refractivity contribution in [2.24, 2.45) is 0 Å². The largest absolute Gasteiger partial charge is 0.370 e. The first-order chi connectivity index (χ1) is 9.97. The van der Waals surface area contributed by atoms with Crippen LogP contribution in [0.1, 0.15) is 29.8 Å². The average molecular weight is 307 g/mol. The molecule has 3 heterocycles. The molecule has 1 atom stereocenters. The molecular weight excluding hydrogens is 290 g/mol. The molecule has 118 valence electrons. The second-order valence-electron chi connectivity index (χ2n) is 5.47. The molecule has 0 spiro atoms. The first-order valence-corrected chi connectivity index (χ1v) is 7.04. The zero-order valence-electron chi connectivity index (χ0n) is 11.4. The maximum absolute atomic E-state index is 14.4. The smallest absolute Gasteiger partial charge is 0.289 e. The van der Waals surface area contributed by atoms with Crippen LogP contribution in [0.5, 0.6) is 0 Å². The van der Waals surface area contributed by atoms with Crippen LogP contribution in [0.4, 0.5) is 17.6 Å². The number of nitrogens with one attached hydrogen (secondary N) is 1. The van der Waals surface area contributed by atoms with Gasteiger partial charge in [0.25, 0.3) is 12.3 Å². The second-order valence-corrected chi connectivity index (χ2v) is 5.47. The number of aromatic nitrogens is 2. The van der Waals surface area contributed by atoms with E-state index >= 15 is 0 Å². The summed E-state index contributed by atoms with van der Waals surface area (Å²) in [5, 5.41) is 7.32. The van der Waals surface area contributed by atoms with Gasteiger partial charge in [0.1, 0.15) is 12.3 Å². The molecule has 0 bridgehead atoms. The molecule has 3 rings (SSSR count). The Bertz CT molecular complexity index is 518.